The number of carbonyl (C=O) groups excluding carboxylic acids is 3. The maximum atomic E-state index is 12.5. The third-order valence-corrected chi connectivity index (χ3v) is 4.84. The normalized spacial score (nSPS) is 12.8. The van der Waals surface area contributed by atoms with Gasteiger partial charge in [0.1, 0.15) is 11.8 Å². The monoisotopic (exact) mass is 404 g/mol. The van der Waals surface area contributed by atoms with E-state index in [0.29, 0.717) is 16.3 Å². The molecule has 0 aliphatic heterocycles. The lowest BCUT2D eigenvalue weighted by Gasteiger charge is -2.22. The Morgan fingerprint density at radius 1 is 1.04 bits per heavy atom. The van der Waals surface area contributed by atoms with Crippen molar-refractivity contribution in [1.82, 2.24) is 5.32 Å². The number of anilines is 1. The molecule has 0 fully saturated rings. The molecule has 8 heteroatoms. The van der Waals surface area contributed by atoms with Crippen LogP contribution in [0.25, 0.3) is 0 Å². The van der Waals surface area contributed by atoms with Crippen LogP contribution in [-0.4, -0.2) is 37.0 Å². The van der Waals surface area contributed by atoms with Crippen LogP contribution in [0.1, 0.15) is 30.4 Å². The molecule has 0 bridgehead atoms. The largest absolute Gasteiger partial charge is 0.497 e. The standard InChI is InChI=1S/C20H24N2O5S/c1-12(2)17(22-19(24)16-6-5-11-28-16)20(25)27-13(3)18(23)21-14-7-9-15(26-4)10-8-14/h5-13,17H,1-4H3,(H,21,23)(H,22,24)/t13-,17-/m1/s1. The summed E-state index contributed by atoms with van der Waals surface area (Å²) in [5, 5.41) is 7.13. The molecule has 2 atom stereocenters. The van der Waals surface area contributed by atoms with Crippen molar-refractivity contribution in [3.63, 3.8) is 0 Å². The highest BCUT2D eigenvalue weighted by Gasteiger charge is 2.29. The van der Waals surface area contributed by atoms with Gasteiger partial charge in [0.05, 0.1) is 12.0 Å². The van der Waals surface area contributed by atoms with Crippen LogP contribution < -0.4 is 15.4 Å². The first kappa shape index (κ1) is 21.4. The summed E-state index contributed by atoms with van der Waals surface area (Å²) in [5.41, 5.74) is 0.556. The van der Waals surface area contributed by atoms with Gasteiger partial charge in [-0.1, -0.05) is 19.9 Å². The van der Waals surface area contributed by atoms with Crippen molar-refractivity contribution >= 4 is 34.8 Å². The first-order valence-corrected chi connectivity index (χ1v) is 9.69. The average molecular weight is 404 g/mol. The first-order chi connectivity index (χ1) is 13.3. The molecule has 0 unspecified atom stereocenters. The lowest BCUT2D eigenvalue weighted by atomic mass is 10.0. The van der Waals surface area contributed by atoms with Gasteiger partial charge >= 0.3 is 5.97 Å². The fraction of sp³-hybridized carbons (Fsp3) is 0.350. The van der Waals surface area contributed by atoms with Crippen molar-refractivity contribution in [2.24, 2.45) is 5.92 Å². The Hall–Kier alpha value is -2.87. The first-order valence-electron chi connectivity index (χ1n) is 8.81. The molecular formula is C20H24N2O5S. The fourth-order valence-corrected chi connectivity index (χ4v) is 2.96. The quantitative estimate of drug-likeness (QED) is 0.660. The molecule has 0 saturated heterocycles. The number of esters is 1. The van der Waals surface area contributed by atoms with Crippen molar-refractivity contribution in [2.75, 3.05) is 12.4 Å². The Morgan fingerprint density at radius 2 is 1.71 bits per heavy atom. The molecule has 0 spiro atoms. The molecule has 0 saturated carbocycles. The van der Waals surface area contributed by atoms with Crippen molar-refractivity contribution in [3.05, 3.63) is 46.7 Å². The molecule has 28 heavy (non-hydrogen) atoms. The van der Waals surface area contributed by atoms with Gasteiger partial charge in [-0.2, -0.15) is 0 Å². The number of benzene rings is 1. The Balaban J connectivity index is 1.95. The van der Waals surface area contributed by atoms with Gasteiger partial charge in [-0.15, -0.1) is 11.3 Å². The summed E-state index contributed by atoms with van der Waals surface area (Å²) in [6.07, 6.45) is -1.02. The van der Waals surface area contributed by atoms with Crippen LogP contribution in [0, 0.1) is 5.92 Å². The maximum Gasteiger partial charge on any atom is 0.329 e. The van der Waals surface area contributed by atoms with Crippen LogP contribution in [-0.2, 0) is 14.3 Å². The number of ether oxygens (including phenoxy) is 2. The van der Waals surface area contributed by atoms with Gasteiger partial charge in [-0.05, 0) is 48.6 Å². The van der Waals surface area contributed by atoms with E-state index in [-0.39, 0.29) is 11.8 Å². The Kier molecular flexibility index (Phi) is 7.57. The number of hydrogen-bond donors (Lipinski definition) is 2. The van der Waals surface area contributed by atoms with Gasteiger partial charge in [-0.25, -0.2) is 4.79 Å². The SMILES string of the molecule is COc1ccc(NC(=O)[C@@H](C)OC(=O)[C@H](NC(=O)c2cccs2)C(C)C)cc1. The second kappa shape index (κ2) is 9.89. The van der Waals surface area contributed by atoms with E-state index in [9.17, 15) is 14.4 Å². The summed E-state index contributed by atoms with van der Waals surface area (Å²) < 4.78 is 10.3. The summed E-state index contributed by atoms with van der Waals surface area (Å²) >= 11 is 1.28. The van der Waals surface area contributed by atoms with E-state index in [1.165, 1.54) is 18.3 Å². The second-order valence-electron chi connectivity index (χ2n) is 6.47. The van der Waals surface area contributed by atoms with Gasteiger partial charge in [-0.3, -0.25) is 9.59 Å². The minimum Gasteiger partial charge on any atom is -0.497 e. The van der Waals surface area contributed by atoms with E-state index in [4.69, 9.17) is 9.47 Å². The van der Waals surface area contributed by atoms with Crippen molar-refractivity contribution in [3.8, 4) is 5.75 Å². The Morgan fingerprint density at radius 3 is 2.25 bits per heavy atom. The molecule has 2 aromatic rings. The number of hydrogen-bond acceptors (Lipinski definition) is 6. The minimum atomic E-state index is -1.02. The Bertz CT molecular complexity index is 803. The topological polar surface area (TPSA) is 93.7 Å². The van der Waals surface area contributed by atoms with Gasteiger partial charge in [0.2, 0.25) is 0 Å². The number of thiophene rings is 1. The molecule has 0 aliphatic rings. The van der Waals surface area contributed by atoms with E-state index in [0.717, 1.165) is 0 Å². The molecule has 1 aromatic heterocycles. The van der Waals surface area contributed by atoms with Crippen LogP contribution in [0.5, 0.6) is 5.75 Å². The summed E-state index contributed by atoms with van der Waals surface area (Å²) in [7, 11) is 1.55. The van der Waals surface area contributed by atoms with Crippen LogP contribution in [0.4, 0.5) is 5.69 Å². The van der Waals surface area contributed by atoms with Gasteiger partial charge < -0.3 is 20.1 Å². The molecule has 1 aromatic carbocycles. The summed E-state index contributed by atoms with van der Waals surface area (Å²) in [6.45, 7) is 5.07. The number of methoxy groups -OCH3 is 1. The number of carbonyl (C=O) groups is 3. The highest BCUT2D eigenvalue weighted by molar-refractivity contribution is 7.12. The van der Waals surface area contributed by atoms with E-state index < -0.39 is 24.0 Å². The summed E-state index contributed by atoms with van der Waals surface area (Å²) in [6, 6.07) is 9.36. The zero-order valence-corrected chi connectivity index (χ0v) is 17.0. The van der Waals surface area contributed by atoms with E-state index >= 15 is 0 Å². The van der Waals surface area contributed by atoms with E-state index in [1.54, 1.807) is 62.7 Å². The zero-order valence-electron chi connectivity index (χ0n) is 16.2. The summed E-state index contributed by atoms with van der Waals surface area (Å²) in [5.74, 6) is -1.00. The van der Waals surface area contributed by atoms with Crippen LogP contribution in [0.2, 0.25) is 0 Å². The molecule has 1 heterocycles. The van der Waals surface area contributed by atoms with Crippen LogP contribution >= 0.6 is 11.3 Å². The molecule has 2 N–H and O–H groups in total. The highest BCUT2D eigenvalue weighted by Crippen LogP contribution is 2.16. The third kappa shape index (κ3) is 5.82. The highest BCUT2D eigenvalue weighted by atomic mass is 32.1. The van der Waals surface area contributed by atoms with E-state index in [2.05, 4.69) is 10.6 Å². The second-order valence-corrected chi connectivity index (χ2v) is 7.42. The lowest BCUT2D eigenvalue weighted by Crippen LogP contribution is -2.47. The minimum absolute atomic E-state index is 0.201. The van der Waals surface area contributed by atoms with Gasteiger partial charge in [0.15, 0.2) is 6.10 Å². The maximum absolute atomic E-state index is 12.5. The van der Waals surface area contributed by atoms with Crippen LogP contribution in [0.15, 0.2) is 41.8 Å². The van der Waals surface area contributed by atoms with Crippen molar-refractivity contribution in [2.45, 2.75) is 32.9 Å². The molecular weight excluding hydrogens is 380 g/mol. The van der Waals surface area contributed by atoms with Gasteiger partial charge in [0, 0.05) is 5.69 Å². The predicted molar refractivity (Wildman–Crippen MR) is 108 cm³/mol. The molecule has 0 aliphatic carbocycles. The van der Waals surface area contributed by atoms with E-state index in [1.807, 2.05) is 0 Å². The van der Waals surface area contributed by atoms with Crippen LogP contribution in [0.3, 0.4) is 0 Å². The van der Waals surface area contributed by atoms with Crippen molar-refractivity contribution in [1.29, 1.82) is 0 Å². The average Bonchev–Trinajstić information content (AvgIpc) is 3.21. The number of rotatable bonds is 8. The number of nitrogens with one attached hydrogen (secondary N) is 2. The third-order valence-electron chi connectivity index (χ3n) is 3.97. The molecule has 150 valence electrons. The molecule has 0 radical (unpaired) electrons. The van der Waals surface area contributed by atoms with Crippen molar-refractivity contribution < 1.29 is 23.9 Å². The van der Waals surface area contributed by atoms with Gasteiger partial charge in [0.25, 0.3) is 11.8 Å². The molecule has 2 amide bonds. The Labute approximate surface area is 168 Å². The molecule has 7 nitrogen and oxygen atoms in total. The summed E-state index contributed by atoms with van der Waals surface area (Å²) in [4.78, 5) is 37.6. The predicted octanol–water partition coefficient (Wildman–Crippen LogP) is 3.08. The number of amides is 2. The lowest BCUT2D eigenvalue weighted by molar-refractivity contribution is -0.156. The smallest absolute Gasteiger partial charge is 0.329 e. The molecule has 2 rings (SSSR count). The fourth-order valence-electron chi connectivity index (χ4n) is 2.34. The zero-order chi connectivity index (χ0) is 20.7.